The van der Waals surface area contributed by atoms with Crippen molar-refractivity contribution in [2.75, 3.05) is 0 Å². The molecule has 0 spiro atoms. The summed E-state index contributed by atoms with van der Waals surface area (Å²) < 4.78 is 14.4. The van der Waals surface area contributed by atoms with Crippen molar-refractivity contribution in [3.63, 3.8) is 0 Å². The Morgan fingerprint density at radius 3 is 1.91 bits per heavy atom. The van der Waals surface area contributed by atoms with E-state index in [2.05, 4.69) is 198 Å². The van der Waals surface area contributed by atoms with Gasteiger partial charge in [-0.15, -0.1) is 22.7 Å². The molecule has 0 amide bonds. The fourth-order valence-electron chi connectivity index (χ4n) is 10.4. The Balaban J connectivity index is 1.05. The molecule has 9 aromatic carbocycles. The van der Waals surface area contributed by atoms with Gasteiger partial charge in [0.1, 0.15) is 17.3 Å². The number of hydrogen-bond donors (Lipinski definition) is 1. The Labute approximate surface area is 375 Å². The predicted molar refractivity (Wildman–Crippen MR) is 274 cm³/mol. The van der Waals surface area contributed by atoms with Gasteiger partial charge in [-0.3, -0.25) is 4.99 Å². The minimum Gasteiger partial charge on any atom is -0.456 e. The molecule has 1 aliphatic rings. The van der Waals surface area contributed by atoms with Gasteiger partial charge in [-0.2, -0.15) is 0 Å². The van der Waals surface area contributed by atoms with Gasteiger partial charge in [-0.25, -0.2) is 0 Å². The second kappa shape index (κ2) is 14.0. The van der Waals surface area contributed by atoms with Gasteiger partial charge in [0, 0.05) is 78.9 Å². The van der Waals surface area contributed by atoms with Crippen molar-refractivity contribution < 1.29 is 4.42 Å². The average molecular weight is 856 g/mol. The molecule has 0 saturated carbocycles. The highest BCUT2D eigenvalue weighted by atomic mass is 32.1. The number of allylic oxidation sites excluding steroid dienone is 1. The van der Waals surface area contributed by atoms with E-state index in [-0.39, 0.29) is 0 Å². The molecule has 302 valence electrons. The molecule has 0 radical (unpaired) electrons. The highest BCUT2D eigenvalue weighted by Gasteiger charge is 2.28. The van der Waals surface area contributed by atoms with Crippen LogP contribution >= 0.6 is 22.7 Å². The molecule has 0 fully saturated rings. The predicted octanol–water partition coefficient (Wildman–Crippen LogP) is 16.5. The van der Waals surface area contributed by atoms with Gasteiger partial charge in [-0.05, 0) is 95.4 Å². The summed E-state index contributed by atoms with van der Waals surface area (Å²) in [6.45, 7) is 0. The van der Waals surface area contributed by atoms with Crippen LogP contribution in [0.1, 0.15) is 35.7 Å². The Kier molecular flexibility index (Phi) is 7.88. The lowest BCUT2D eigenvalue weighted by molar-refractivity contribution is 0.655. The lowest BCUT2D eigenvalue weighted by Crippen LogP contribution is -2.23. The molecule has 14 rings (SSSR count). The first-order valence-electron chi connectivity index (χ1n) is 21.9. The Hall–Kier alpha value is -7.51. The molecule has 1 aliphatic heterocycles. The summed E-state index contributed by atoms with van der Waals surface area (Å²) in [5.74, 6) is 0. The molecule has 1 unspecified atom stereocenters. The van der Waals surface area contributed by atoms with Crippen LogP contribution in [0.3, 0.4) is 0 Å². The number of fused-ring (bicyclic) bond motifs is 13. The van der Waals surface area contributed by atoms with Gasteiger partial charge in [-0.1, -0.05) is 127 Å². The molecule has 0 bridgehead atoms. The van der Waals surface area contributed by atoms with E-state index in [0.717, 1.165) is 79.6 Å². The van der Waals surface area contributed by atoms with Crippen LogP contribution < -0.4 is 5.32 Å². The number of aliphatic imine (C=N–C) groups is 1. The van der Waals surface area contributed by atoms with Crippen molar-refractivity contribution >= 4 is 129 Å². The van der Waals surface area contributed by atoms with Crippen molar-refractivity contribution in [3.05, 3.63) is 205 Å². The third-order valence-electron chi connectivity index (χ3n) is 13.3. The smallest absolute Gasteiger partial charge is 0.147 e. The number of hydrogen-bond acceptors (Lipinski definition) is 5. The fraction of sp³-hybridized carbons (Fsp3) is 0.0517. The second-order valence-electron chi connectivity index (χ2n) is 16.9. The van der Waals surface area contributed by atoms with E-state index in [1.54, 1.807) is 0 Å². The maximum atomic E-state index is 6.72. The van der Waals surface area contributed by atoms with E-state index in [0.29, 0.717) is 0 Å². The molecule has 1 atom stereocenters. The average Bonchev–Trinajstić information content (AvgIpc) is 4.09. The van der Waals surface area contributed by atoms with E-state index in [9.17, 15) is 0 Å². The van der Waals surface area contributed by atoms with Crippen molar-refractivity contribution in [1.29, 1.82) is 0 Å². The van der Waals surface area contributed by atoms with E-state index < -0.39 is 6.17 Å². The summed E-state index contributed by atoms with van der Waals surface area (Å²) in [5, 5.41) is 16.4. The third-order valence-corrected chi connectivity index (χ3v) is 15.6. The van der Waals surface area contributed by atoms with Crippen LogP contribution in [0.5, 0.6) is 0 Å². The van der Waals surface area contributed by atoms with Crippen LogP contribution in [0.15, 0.2) is 197 Å². The monoisotopic (exact) mass is 855 g/mol. The van der Waals surface area contributed by atoms with E-state index in [4.69, 9.17) is 9.41 Å². The highest BCUT2D eigenvalue weighted by Crippen LogP contribution is 2.44. The summed E-state index contributed by atoms with van der Waals surface area (Å²) in [7, 11) is 0. The minimum atomic E-state index is -0.492. The second-order valence-corrected chi connectivity index (χ2v) is 19.1. The summed E-state index contributed by atoms with van der Waals surface area (Å²) >= 11 is 3.71. The molecule has 64 heavy (non-hydrogen) atoms. The summed E-state index contributed by atoms with van der Waals surface area (Å²) in [4.78, 5) is 5.94. The van der Waals surface area contributed by atoms with Crippen molar-refractivity contribution in [1.82, 2.24) is 9.88 Å². The van der Waals surface area contributed by atoms with Gasteiger partial charge in [0.25, 0.3) is 0 Å². The van der Waals surface area contributed by atoms with Crippen molar-refractivity contribution in [2.24, 2.45) is 4.99 Å². The van der Waals surface area contributed by atoms with Crippen molar-refractivity contribution in [2.45, 2.75) is 19.0 Å². The maximum absolute atomic E-state index is 6.72. The van der Waals surface area contributed by atoms with Crippen LogP contribution in [-0.4, -0.2) is 10.3 Å². The SMILES string of the molecule is C1=C(/c2ccc3c(c2)sc2ccccc23)NC(c2c(-n3c4ccccc4c4cc5ccccc5cc43)ccc3oc4ccccc4c23)/N=C(/c2ccc3c(c2)sc2ccccc23)CC/1. The van der Waals surface area contributed by atoms with Crippen LogP contribution in [-0.2, 0) is 0 Å². The zero-order chi connectivity index (χ0) is 41.9. The molecule has 4 nitrogen and oxygen atoms in total. The fourth-order valence-corrected chi connectivity index (χ4v) is 12.7. The summed E-state index contributed by atoms with van der Waals surface area (Å²) in [6, 6.07) is 66.4. The molecule has 4 aromatic heterocycles. The Bertz CT molecular complexity index is 4140. The third kappa shape index (κ3) is 5.49. The zero-order valence-electron chi connectivity index (χ0n) is 34.5. The van der Waals surface area contributed by atoms with Crippen LogP contribution in [0.2, 0.25) is 0 Å². The number of nitrogens with one attached hydrogen (secondary N) is 1. The molecule has 0 saturated heterocycles. The zero-order valence-corrected chi connectivity index (χ0v) is 36.1. The first-order valence-corrected chi connectivity index (χ1v) is 23.6. The standard InChI is InChI=1S/C58H37N3OS2/c1-2-13-35-31-49-44(30-34(35)12-1)38-14-3-7-20-47(38)61(49)48-28-29-51-56(43-17-4-8-21-50(43)62-51)57(48)58-59-45(36-24-26-41-39-15-5-9-22-52(39)63-54(41)32-36)18-11-19-46(60-58)37-25-27-42-40-16-6-10-23-53(40)64-55(42)33-37/h1-10,12-18,20-33,58-59H,11,19H2/b45-18-,60-46+. The van der Waals surface area contributed by atoms with Gasteiger partial charge in [0.05, 0.1) is 16.7 Å². The largest absolute Gasteiger partial charge is 0.456 e. The van der Waals surface area contributed by atoms with E-state index >= 15 is 0 Å². The van der Waals surface area contributed by atoms with Gasteiger partial charge in [0.15, 0.2) is 0 Å². The van der Waals surface area contributed by atoms with Crippen LogP contribution in [0.25, 0.3) is 106 Å². The lowest BCUT2D eigenvalue weighted by atomic mass is 9.97. The normalized spacial score (nSPS) is 16.5. The van der Waals surface area contributed by atoms with Crippen LogP contribution in [0.4, 0.5) is 0 Å². The number of thiophene rings is 2. The molecule has 6 heteroatoms. The maximum Gasteiger partial charge on any atom is 0.147 e. The molecular formula is C58H37N3OS2. The highest BCUT2D eigenvalue weighted by molar-refractivity contribution is 7.26. The number of para-hydroxylation sites is 2. The molecule has 5 heterocycles. The molecular weight excluding hydrogens is 819 g/mol. The minimum absolute atomic E-state index is 0.492. The number of nitrogens with zero attached hydrogens (tertiary/aromatic N) is 2. The number of aromatic nitrogens is 1. The molecule has 13 aromatic rings. The number of furan rings is 1. The topological polar surface area (TPSA) is 42.5 Å². The molecule has 1 N–H and O–H groups in total. The molecule has 0 aliphatic carbocycles. The van der Waals surface area contributed by atoms with Crippen LogP contribution in [0, 0.1) is 0 Å². The lowest BCUT2D eigenvalue weighted by Gasteiger charge is -2.26. The first-order chi connectivity index (χ1) is 31.7. The summed E-state index contributed by atoms with van der Waals surface area (Å²) in [6.07, 6.45) is 3.54. The summed E-state index contributed by atoms with van der Waals surface area (Å²) in [5.41, 5.74) is 10.6. The Morgan fingerprint density at radius 1 is 0.500 bits per heavy atom. The number of rotatable bonds is 4. The van der Waals surface area contributed by atoms with E-state index in [1.165, 1.54) is 61.9 Å². The Morgan fingerprint density at radius 2 is 1.12 bits per heavy atom. The van der Waals surface area contributed by atoms with Gasteiger partial charge in [0.2, 0.25) is 0 Å². The van der Waals surface area contributed by atoms with Gasteiger partial charge >= 0.3 is 0 Å². The van der Waals surface area contributed by atoms with Gasteiger partial charge < -0.3 is 14.3 Å². The quantitative estimate of drug-likeness (QED) is 0.192. The number of benzene rings is 9. The van der Waals surface area contributed by atoms with Crippen molar-refractivity contribution in [3.8, 4) is 5.69 Å². The first kappa shape index (κ1) is 36.0. The van der Waals surface area contributed by atoms with E-state index in [1.807, 2.05) is 22.7 Å².